The van der Waals surface area contributed by atoms with Gasteiger partial charge in [-0.05, 0) is 102 Å². The fourth-order valence-electron chi connectivity index (χ4n) is 7.77. The maximum absolute atomic E-state index is 14.0. The Morgan fingerprint density at radius 2 is 0.943 bits per heavy atom. The zero-order chi connectivity index (χ0) is 66.8. The number of nitrogens with two attached hydrogens (primary N) is 5. The van der Waals surface area contributed by atoms with E-state index < -0.39 is 209 Å². The Hall–Kier alpha value is -8.45. The lowest BCUT2D eigenvalue weighted by Crippen LogP contribution is -2.62. The summed E-state index contributed by atoms with van der Waals surface area (Å²) in [7, 11) is -5.78. The first-order valence-corrected chi connectivity index (χ1v) is 29.0. The Morgan fingerprint density at radius 3 is 1.36 bits per heavy atom. The number of aliphatic hydroxyl groups is 1. The van der Waals surface area contributed by atoms with Crippen LogP contribution in [0.25, 0.3) is 0 Å². The van der Waals surface area contributed by atoms with Crippen molar-refractivity contribution in [3.8, 4) is 5.75 Å². The number of benzene rings is 1. The summed E-state index contributed by atoms with van der Waals surface area (Å²) in [6, 6.07) is -10.9. The number of nitrogens with one attached hydrogen (secondary N) is 10. The molecule has 11 atom stereocenters. The second kappa shape index (κ2) is 40.1. The smallest absolute Gasteiger partial charge is 0.326 e. The number of unbranched alkanes of at least 4 members (excludes halogenated alkanes) is 2. The normalized spacial score (nSPS) is 15.1. The molecule has 0 fully saturated rings. The first-order chi connectivity index (χ1) is 41.2. The van der Waals surface area contributed by atoms with Gasteiger partial charge in [0.2, 0.25) is 70.9 Å². The predicted octanol–water partition coefficient (Wildman–Crippen LogP) is -9.01. The van der Waals surface area contributed by atoms with Gasteiger partial charge in [-0.3, -0.25) is 66.9 Å². The topological polar surface area (TPSA) is 640 Å². The molecule has 1 unspecified atom stereocenters. The van der Waals surface area contributed by atoms with Crippen LogP contribution in [0.15, 0.2) is 24.3 Å². The quantitative estimate of drug-likeness (QED) is 0.0213. The number of aromatic hydroxyl groups is 1. The SMILES string of the molecule is C[C@H](NC(=O)[C@H](CCCCN)NC(=O)[C@H](CCCCN)NC(=O)CNC(=O)CN)C(=O)N[C@H](C(=O)N[C@@H](CCC(N)=O)C(=O)N[C@@H](COP(=O)([O-])O)C(=O)N[C@@H](CCC(N)=O)C(=O)N[C@@H](CCC(=O)O)C(=O)N[C@@H](Cc1ccc(O)cc1)C(=O)O)[C@@H](C)O. The third kappa shape index (κ3) is 31.8. The minimum Gasteiger partial charge on any atom is -0.756 e. The number of aliphatic carboxylic acids is 2. The second-order valence-corrected chi connectivity index (χ2v) is 21.1. The number of hydrogen-bond donors (Lipinski definition) is 20. The van der Waals surface area contributed by atoms with Crippen molar-refractivity contribution in [1.82, 2.24) is 53.2 Å². The number of aliphatic hydroxyl groups excluding tert-OH is 1. The fourth-order valence-corrected chi connectivity index (χ4v) is 8.11. The Bertz CT molecular complexity index is 2630. The first kappa shape index (κ1) is 77.6. The Balaban J connectivity index is 3.52. The van der Waals surface area contributed by atoms with Crippen molar-refractivity contribution in [3.05, 3.63) is 29.8 Å². The molecule has 1 aromatic carbocycles. The maximum atomic E-state index is 14.0. The molecule has 494 valence electrons. The molecule has 0 saturated heterocycles. The standard InChI is InChI=1S/C50H82N15O22P/c1-25(57-43(75)30(8-4-6-20-52)59-44(76)29(7-3-5-19-51)58-39(71)23-56-38(70)22-53)42(74)65-41(26(2)66)49(81)62-32(14-17-37(55)69)47(79)64-35(24-87-88(84,85)86)48(80)61-31(13-16-36(54)68)45(77)60-33(15-18-40(72)73)46(78)63-34(50(82)83)21-27-9-11-28(67)12-10-27/h9-12,25-26,29-35,41,66-67H,3-8,13-24,51-53H2,1-2H3,(H2,54,68)(H2,55,69)(H,56,70)(H,57,75)(H,58,71)(H,59,76)(H,60,77)(H,61,80)(H,62,81)(H,63,78)(H,64,79)(H,65,74)(H,72,73)(H,82,83)(H2,84,85,86)/p-1/t25-,26+,29-,30-,31-,32-,33-,34-,35-,41-/m0/s1. The van der Waals surface area contributed by atoms with E-state index in [9.17, 15) is 102 Å². The number of amides is 12. The minimum absolute atomic E-state index is 0.0392. The van der Waals surface area contributed by atoms with Crippen molar-refractivity contribution in [3.63, 3.8) is 0 Å². The third-order valence-corrected chi connectivity index (χ3v) is 13.0. The van der Waals surface area contributed by atoms with Crippen molar-refractivity contribution in [1.29, 1.82) is 0 Å². The molecule has 0 aromatic heterocycles. The lowest BCUT2D eigenvalue weighted by atomic mass is 10.0. The van der Waals surface area contributed by atoms with Crippen LogP contribution in [0.5, 0.6) is 5.75 Å². The van der Waals surface area contributed by atoms with E-state index in [-0.39, 0.29) is 44.5 Å². The fraction of sp³-hybridized carbons (Fsp3) is 0.600. The number of phosphoric acid groups is 1. The minimum atomic E-state index is -5.78. The number of carboxylic acid groups (broad SMARTS) is 2. The number of carbonyl (C=O) groups excluding carboxylic acids is 12. The van der Waals surface area contributed by atoms with E-state index in [1.54, 1.807) is 0 Å². The summed E-state index contributed by atoms with van der Waals surface area (Å²) in [5.74, 6) is -16.7. The van der Waals surface area contributed by atoms with Gasteiger partial charge in [-0.2, -0.15) is 0 Å². The average molecular weight is 1280 g/mol. The highest BCUT2D eigenvalue weighted by Crippen LogP contribution is 2.30. The molecular weight excluding hydrogens is 1190 g/mol. The number of phosphoric ester groups is 1. The van der Waals surface area contributed by atoms with Gasteiger partial charge < -0.3 is 117 Å². The highest BCUT2D eigenvalue weighted by atomic mass is 31.2. The van der Waals surface area contributed by atoms with Crippen LogP contribution in [0, 0.1) is 0 Å². The van der Waals surface area contributed by atoms with Crippen molar-refractivity contribution < 1.29 is 106 Å². The van der Waals surface area contributed by atoms with E-state index >= 15 is 0 Å². The molecule has 1 aromatic rings. The molecule has 0 radical (unpaired) electrons. The van der Waals surface area contributed by atoms with Crippen LogP contribution in [0.4, 0.5) is 0 Å². The van der Waals surface area contributed by atoms with Gasteiger partial charge in [-0.25, -0.2) is 4.79 Å². The third-order valence-electron chi connectivity index (χ3n) is 12.6. The van der Waals surface area contributed by atoms with E-state index in [2.05, 4.69) is 52.4 Å². The average Bonchev–Trinajstić information content (AvgIpc) is 1.85. The molecule has 0 saturated carbocycles. The molecule has 0 bridgehead atoms. The molecule has 38 heteroatoms. The van der Waals surface area contributed by atoms with Gasteiger partial charge in [0.05, 0.1) is 25.8 Å². The summed E-state index contributed by atoms with van der Waals surface area (Å²) in [6.45, 7) is 0.163. The number of hydrogen-bond acceptors (Lipinski definition) is 22. The Morgan fingerprint density at radius 1 is 0.534 bits per heavy atom. The number of carboxylic acids is 2. The Kier molecular flexibility index (Phi) is 35.3. The monoisotopic (exact) mass is 1270 g/mol. The number of phenolic OH excluding ortho intramolecular Hbond substituents is 1. The van der Waals surface area contributed by atoms with E-state index in [1.807, 2.05) is 5.32 Å². The van der Waals surface area contributed by atoms with Gasteiger partial charge in [-0.1, -0.05) is 12.1 Å². The Labute approximate surface area is 503 Å². The summed E-state index contributed by atoms with van der Waals surface area (Å²) < 4.78 is 16.1. The van der Waals surface area contributed by atoms with Crippen LogP contribution in [-0.4, -0.2) is 201 Å². The largest absolute Gasteiger partial charge is 0.756 e. The lowest BCUT2D eigenvalue weighted by molar-refractivity contribution is -0.220. The summed E-state index contributed by atoms with van der Waals surface area (Å²) in [4.78, 5) is 203. The molecular formula is C50H81N15O22P-. The second-order valence-electron chi connectivity index (χ2n) is 19.9. The number of carbonyl (C=O) groups is 14. The molecule has 0 spiro atoms. The predicted molar refractivity (Wildman–Crippen MR) is 302 cm³/mol. The first-order valence-electron chi connectivity index (χ1n) is 27.5. The molecule has 88 heavy (non-hydrogen) atoms. The molecule has 0 aliphatic rings. The van der Waals surface area contributed by atoms with Crippen molar-refractivity contribution in [2.75, 3.05) is 32.8 Å². The van der Waals surface area contributed by atoms with Gasteiger partial charge in [0.1, 0.15) is 60.1 Å². The van der Waals surface area contributed by atoms with Crippen LogP contribution >= 0.6 is 7.82 Å². The van der Waals surface area contributed by atoms with Gasteiger partial charge in [-0.15, -0.1) is 0 Å². The molecule has 0 heterocycles. The highest BCUT2D eigenvalue weighted by Gasteiger charge is 2.37. The van der Waals surface area contributed by atoms with E-state index in [0.29, 0.717) is 24.8 Å². The number of phenols is 1. The summed E-state index contributed by atoms with van der Waals surface area (Å²) in [5.41, 5.74) is 27.4. The highest BCUT2D eigenvalue weighted by molar-refractivity contribution is 7.44. The molecule has 12 amide bonds. The number of primary amides is 2. The van der Waals surface area contributed by atoms with Crippen LogP contribution in [0.1, 0.15) is 96.5 Å². The van der Waals surface area contributed by atoms with Gasteiger partial charge in [0, 0.05) is 25.7 Å². The van der Waals surface area contributed by atoms with Gasteiger partial charge in [0.15, 0.2) is 0 Å². The van der Waals surface area contributed by atoms with Crippen LogP contribution in [0.3, 0.4) is 0 Å². The molecule has 0 aliphatic carbocycles. The summed E-state index contributed by atoms with van der Waals surface area (Å²) >= 11 is 0. The molecule has 1 rings (SSSR count). The van der Waals surface area contributed by atoms with Crippen LogP contribution in [-0.2, 0) is 82.6 Å². The van der Waals surface area contributed by atoms with Crippen molar-refractivity contribution in [2.45, 2.75) is 158 Å². The van der Waals surface area contributed by atoms with E-state index in [4.69, 9.17) is 28.7 Å². The maximum Gasteiger partial charge on any atom is 0.326 e. The summed E-state index contributed by atoms with van der Waals surface area (Å²) in [6.07, 6.45) is -5.11. The van der Waals surface area contributed by atoms with Crippen molar-refractivity contribution in [2.24, 2.45) is 28.7 Å². The van der Waals surface area contributed by atoms with Crippen LogP contribution in [0.2, 0.25) is 0 Å². The molecule has 25 N–H and O–H groups in total. The molecule has 37 nitrogen and oxygen atoms in total. The zero-order valence-corrected chi connectivity index (χ0v) is 49.2. The lowest BCUT2D eigenvalue weighted by Gasteiger charge is -2.29. The van der Waals surface area contributed by atoms with Gasteiger partial charge >= 0.3 is 11.9 Å². The van der Waals surface area contributed by atoms with Crippen LogP contribution < -0.4 is 86.7 Å². The number of rotatable bonds is 44. The summed E-state index contributed by atoms with van der Waals surface area (Å²) in [5, 5.41) is 62.0. The van der Waals surface area contributed by atoms with E-state index in [1.165, 1.54) is 24.3 Å². The van der Waals surface area contributed by atoms with E-state index in [0.717, 1.165) is 13.8 Å². The van der Waals surface area contributed by atoms with Crippen molar-refractivity contribution >= 4 is 90.6 Å². The zero-order valence-electron chi connectivity index (χ0n) is 48.3. The molecule has 0 aliphatic heterocycles. The van der Waals surface area contributed by atoms with Gasteiger partial charge in [0.25, 0.3) is 7.82 Å².